The molecule has 0 aliphatic carbocycles. The minimum Gasteiger partial charge on any atom is -0.496 e. The second-order valence-corrected chi connectivity index (χ2v) is 5.98. The Labute approximate surface area is 168 Å². The van der Waals surface area contributed by atoms with E-state index in [4.69, 9.17) is 18.9 Å². The van der Waals surface area contributed by atoms with Crippen molar-refractivity contribution >= 4 is 17.8 Å². The Kier molecular flexibility index (Phi) is 6.47. The van der Waals surface area contributed by atoms with Crippen LogP contribution in [0.3, 0.4) is 0 Å². The van der Waals surface area contributed by atoms with Crippen LogP contribution in [0.5, 0.6) is 17.2 Å². The van der Waals surface area contributed by atoms with Crippen molar-refractivity contribution in [2.24, 2.45) is 0 Å². The Bertz CT molecular complexity index is 987. The van der Waals surface area contributed by atoms with E-state index >= 15 is 0 Å². The molecule has 148 valence electrons. The molecule has 0 saturated carbocycles. The lowest BCUT2D eigenvalue weighted by Gasteiger charge is -2.06. The minimum absolute atomic E-state index is 0.126. The highest BCUT2D eigenvalue weighted by Crippen LogP contribution is 2.34. The van der Waals surface area contributed by atoms with Gasteiger partial charge in [-0.2, -0.15) is 0 Å². The van der Waals surface area contributed by atoms with Gasteiger partial charge in [-0.1, -0.05) is 43.0 Å². The van der Waals surface area contributed by atoms with E-state index in [-0.39, 0.29) is 24.8 Å². The van der Waals surface area contributed by atoms with Crippen molar-refractivity contribution in [3.05, 3.63) is 84.2 Å². The molecule has 0 radical (unpaired) electrons. The molecule has 2 aromatic rings. The van der Waals surface area contributed by atoms with Gasteiger partial charge in [0, 0.05) is 11.6 Å². The topological polar surface area (TPSA) is 71.1 Å². The first-order valence-corrected chi connectivity index (χ1v) is 8.89. The summed E-state index contributed by atoms with van der Waals surface area (Å²) < 4.78 is 21.2. The third kappa shape index (κ3) is 4.93. The van der Waals surface area contributed by atoms with E-state index in [0.29, 0.717) is 17.1 Å². The van der Waals surface area contributed by atoms with Gasteiger partial charge in [-0.25, -0.2) is 4.79 Å². The second-order valence-electron chi connectivity index (χ2n) is 5.98. The largest absolute Gasteiger partial charge is 0.496 e. The Morgan fingerprint density at radius 2 is 2.03 bits per heavy atom. The van der Waals surface area contributed by atoms with Crippen molar-refractivity contribution < 1.29 is 28.5 Å². The number of ether oxygens (including phenoxy) is 4. The summed E-state index contributed by atoms with van der Waals surface area (Å²) >= 11 is 0. The molecule has 0 saturated heterocycles. The molecule has 1 heterocycles. The third-order valence-corrected chi connectivity index (χ3v) is 4.02. The highest BCUT2D eigenvalue weighted by molar-refractivity contribution is 6.12. The number of allylic oxidation sites excluding steroid dienone is 3. The highest BCUT2D eigenvalue weighted by Gasteiger charge is 2.27. The van der Waals surface area contributed by atoms with Crippen molar-refractivity contribution in [2.45, 2.75) is 0 Å². The van der Waals surface area contributed by atoms with Crippen LogP contribution in [0.4, 0.5) is 0 Å². The lowest BCUT2D eigenvalue weighted by Crippen LogP contribution is -2.14. The molecule has 0 fully saturated rings. The van der Waals surface area contributed by atoms with Crippen LogP contribution in [0.15, 0.2) is 73.0 Å². The highest BCUT2D eigenvalue weighted by atomic mass is 16.6. The Morgan fingerprint density at radius 1 is 1.21 bits per heavy atom. The summed E-state index contributed by atoms with van der Waals surface area (Å²) in [5.41, 5.74) is 1.32. The van der Waals surface area contributed by atoms with Gasteiger partial charge >= 0.3 is 5.97 Å². The smallest absolute Gasteiger partial charge is 0.344 e. The van der Waals surface area contributed by atoms with E-state index in [2.05, 4.69) is 6.58 Å². The first-order chi connectivity index (χ1) is 14.1. The zero-order valence-electron chi connectivity index (χ0n) is 15.9. The number of ketones is 1. The number of carbonyl (C=O) groups is 2. The Balaban J connectivity index is 1.67. The maximum atomic E-state index is 12.5. The van der Waals surface area contributed by atoms with Crippen LogP contribution < -0.4 is 14.2 Å². The van der Waals surface area contributed by atoms with E-state index in [1.54, 1.807) is 37.5 Å². The number of para-hydroxylation sites is 1. The predicted molar refractivity (Wildman–Crippen MR) is 108 cm³/mol. The average molecular weight is 392 g/mol. The summed E-state index contributed by atoms with van der Waals surface area (Å²) in [6.45, 7) is 3.35. The molecule has 0 atom stereocenters. The molecule has 0 unspecified atom stereocenters. The van der Waals surface area contributed by atoms with Gasteiger partial charge in [0.25, 0.3) is 0 Å². The molecule has 2 aromatic carbocycles. The molecule has 0 aromatic heterocycles. The number of esters is 1. The summed E-state index contributed by atoms with van der Waals surface area (Å²) in [7, 11) is 1.60. The quantitative estimate of drug-likeness (QED) is 0.385. The van der Waals surface area contributed by atoms with Crippen LogP contribution in [0.1, 0.15) is 15.9 Å². The molecule has 1 aliphatic heterocycles. The zero-order chi connectivity index (χ0) is 20.6. The summed E-state index contributed by atoms with van der Waals surface area (Å²) in [6.07, 6.45) is 6.63. The van der Waals surface area contributed by atoms with Crippen LogP contribution in [0, 0.1) is 0 Å². The lowest BCUT2D eigenvalue weighted by molar-refractivity contribution is -0.144. The molecule has 0 amide bonds. The fourth-order valence-corrected chi connectivity index (χ4v) is 2.65. The van der Waals surface area contributed by atoms with Crippen LogP contribution >= 0.6 is 0 Å². The van der Waals surface area contributed by atoms with E-state index in [0.717, 1.165) is 11.3 Å². The predicted octanol–water partition coefficient (Wildman–Crippen LogP) is 3.98. The van der Waals surface area contributed by atoms with Crippen LogP contribution in [0.2, 0.25) is 0 Å². The SMILES string of the molecule is C=CCOC(=O)COc1ccc2c(c1)OC(=CC=Cc1ccccc1OC)C2=O. The fourth-order valence-electron chi connectivity index (χ4n) is 2.65. The Hall–Kier alpha value is -3.80. The van der Waals surface area contributed by atoms with Crippen molar-refractivity contribution in [1.29, 1.82) is 0 Å². The van der Waals surface area contributed by atoms with Gasteiger partial charge in [0.05, 0.1) is 12.7 Å². The van der Waals surface area contributed by atoms with Gasteiger partial charge in [-0.15, -0.1) is 0 Å². The van der Waals surface area contributed by atoms with Crippen molar-refractivity contribution in [3.8, 4) is 17.2 Å². The standard InChI is InChI=1S/C23H20O6/c1-3-13-27-22(24)15-28-17-11-12-18-21(14-17)29-20(23(18)25)10-6-8-16-7-4-5-9-19(16)26-2/h3-12,14H,1,13,15H2,2H3. The second kappa shape index (κ2) is 9.41. The van der Waals surface area contributed by atoms with E-state index in [1.807, 2.05) is 30.3 Å². The summed E-state index contributed by atoms with van der Waals surface area (Å²) in [5.74, 6) is 0.985. The number of hydrogen-bond donors (Lipinski definition) is 0. The Morgan fingerprint density at radius 3 is 2.83 bits per heavy atom. The summed E-state index contributed by atoms with van der Waals surface area (Å²) in [6, 6.07) is 12.3. The van der Waals surface area contributed by atoms with Gasteiger partial charge in [0.15, 0.2) is 12.4 Å². The molecule has 0 N–H and O–H groups in total. The number of Topliss-reactive ketones (excluding diaryl/α,β-unsaturated/α-hetero) is 1. The average Bonchev–Trinajstić information content (AvgIpc) is 3.06. The molecule has 1 aliphatic rings. The minimum atomic E-state index is -0.510. The third-order valence-electron chi connectivity index (χ3n) is 4.02. The molecule has 6 heteroatoms. The molecule has 29 heavy (non-hydrogen) atoms. The van der Waals surface area contributed by atoms with Gasteiger partial charge in [0.2, 0.25) is 5.78 Å². The molecule has 0 bridgehead atoms. The molecule has 6 nitrogen and oxygen atoms in total. The molecule has 3 rings (SSSR count). The molecular formula is C23H20O6. The summed E-state index contributed by atoms with van der Waals surface area (Å²) in [5, 5.41) is 0. The van der Waals surface area contributed by atoms with E-state index in [9.17, 15) is 9.59 Å². The number of methoxy groups -OCH3 is 1. The van der Waals surface area contributed by atoms with E-state index in [1.165, 1.54) is 6.08 Å². The first-order valence-electron chi connectivity index (χ1n) is 8.89. The van der Waals surface area contributed by atoms with Gasteiger partial charge < -0.3 is 18.9 Å². The van der Waals surface area contributed by atoms with E-state index < -0.39 is 5.97 Å². The summed E-state index contributed by atoms with van der Waals surface area (Å²) in [4.78, 5) is 24.0. The van der Waals surface area contributed by atoms with Crippen LogP contribution in [-0.4, -0.2) is 32.1 Å². The molecule has 0 spiro atoms. The zero-order valence-corrected chi connectivity index (χ0v) is 15.9. The van der Waals surface area contributed by atoms with Crippen LogP contribution in [0.25, 0.3) is 6.08 Å². The van der Waals surface area contributed by atoms with Crippen molar-refractivity contribution in [1.82, 2.24) is 0 Å². The van der Waals surface area contributed by atoms with Crippen molar-refractivity contribution in [2.75, 3.05) is 20.3 Å². The van der Waals surface area contributed by atoms with Crippen molar-refractivity contribution in [3.63, 3.8) is 0 Å². The maximum Gasteiger partial charge on any atom is 0.344 e. The van der Waals surface area contributed by atoms with Gasteiger partial charge in [0.1, 0.15) is 23.9 Å². The molecular weight excluding hydrogens is 372 g/mol. The number of fused-ring (bicyclic) bond motifs is 1. The van der Waals surface area contributed by atoms with Gasteiger partial charge in [-0.05, 0) is 24.3 Å². The first kappa shape index (κ1) is 19.9. The normalized spacial score (nSPS) is 13.8. The fraction of sp³-hybridized carbons (Fsp3) is 0.130. The number of carbonyl (C=O) groups excluding carboxylic acids is 2. The number of benzene rings is 2. The monoisotopic (exact) mass is 392 g/mol. The maximum absolute atomic E-state index is 12.5. The van der Waals surface area contributed by atoms with Crippen LogP contribution in [-0.2, 0) is 9.53 Å². The van der Waals surface area contributed by atoms with Gasteiger partial charge in [-0.3, -0.25) is 4.79 Å². The number of rotatable bonds is 8. The number of hydrogen-bond acceptors (Lipinski definition) is 6. The lowest BCUT2D eigenvalue weighted by atomic mass is 10.1.